The van der Waals surface area contributed by atoms with Gasteiger partial charge in [-0.1, -0.05) is 24.6 Å². The molecule has 0 saturated heterocycles. The van der Waals surface area contributed by atoms with Crippen molar-refractivity contribution in [2.75, 3.05) is 32.6 Å². The monoisotopic (exact) mass is 312 g/mol. The number of esters is 1. The van der Waals surface area contributed by atoms with E-state index in [2.05, 4.69) is 10.1 Å². The van der Waals surface area contributed by atoms with Crippen LogP contribution in [0.25, 0.3) is 0 Å². The fourth-order valence-corrected chi connectivity index (χ4v) is 2.16. The Labute approximate surface area is 130 Å². The van der Waals surface area contributed by atoms with E-state index in [1.165, 1.54) is 7.11 Å². The summed E-state index contributed by atoms with van der Waals surface area (Å²) in [6.07, 6.45) is 0. The third-order valence-corrected chi connectivity index (χ3v) is 3.55. The smallest absolute Gasteiger partial charge is 0.309 e. The van der Waals surface area contributed by atoms with Gasteiger partial charge in [0.1, 0.15) is 0 Å². The largest absolute Gasteiger partial charge is 0.469 e. The number of likely N-dealkylation sites (N-methyl/N-ethyl adjacent to an activating group) is 1. The maximum atomic E-state index is 12.0. The molecule has 1 unspecified atom stereocenters. The Hall–Kier alpha value is -1.59. The lowest BCUT2D eigenvalue weighted by Gasteiger charge is -2.19. The number of carbonyl (C=O) groups is 2. The summed E-state index contributed by atoms with van der Waals surface area (Å²) in [6.45, 7) is 4.25. The summed E-state index contributed by atoms with van der Waals surface area (Å²) in [6, 6.07) is 5.36. The van der Waals surface area contributed by atoms with E-state index in [0.717, 1.165) is 5.56 Å². The topological polar surface area (TPSA) is 58.6 Å². The average Bonchev–Trinajstić information content (AvgIpc) is 2.42. The standard InChI is InChI=1S/C15H21ClN2O3/c1-10(15(20)21-4)8-18(3)9-14(19)17-13-7-5-6-12(16)11(13)2/h5-7,10H,8-9H2,1-4H3,(H,17,19). The SMILES string of the molecule is COC(=O)C(C)CN(C)CC(=O)Nc1cccc(Cl)c1C. The van der Waals surface area contributed by atoms with E-state index in [1.54, 1.807) is 37.1 Å². The summed E-state index contributed by atoms with van der Waals surface area (Å²) in [5.74, 6) is -0.714. The van der Waals surface area contributed by atoms with E-state index in [1.807, 2.05) is 6.92 Å². The van der Waals surface area contributed by atoms with Gasteiger partial charge >= 0.3 is 5.97 Å². The highest BCUT2D eigenvalue weighted by Gasteiger charge is 2.17. The molecule has 1 N–H and O–H groups in total. The van der Waals surface area contributed by atoms with Gasteiger partial charge in [0.25, 0.3) is 0 Å². The molecular formula is C15H21ClN2O3. The van der Waals surface area contributed by atoms with E-state index >= 15 is 0 Å². The zero-order valence-corrected chi connectivity index (χ0v) is 13.5. The van der Waals surface area contributed by atoms with Gasteiger partial charge in [-0.05, 0) is 31.7 Å². The maximum Gasteiger partial charge on any atom is 0.309 e. The predicted molar refractivity (Wildman–Crippen MR) is 83.5 cm³/mol. The number of carbonyl (C=O) groups excluding carboxylic acids is 2. The third-order valence-electron chi connectivity index (χ3n) is 3.14. The summed E-state index contributed by atoms with van der Waals surface area (Å²) in [4.78, 5) is 25.1. The number of nitrogens with one attached hydrogen (secondary N) is 1. The van der Waals surface area contributed by atoms with Gasteiger partial charge in [0, 0.05) is 17.3 Å². The molecule has 1 rings (SSSR count). The van der Waals surface area contributed by atoms with Crippen molar-refractivity contribution in [1.29, 1.82) is 0 Å². The molecule has 1 aromatic rings. The van der Waals surface area contributed by atoms with Gasteiger partial charge in [-0.25, -0.2) is 0 Å². The van der Waals surface area contributed by atoms with Crippen LogP contribution in [0.2, 0.25) is 5.02 Å². The quantitative estimate of drug-likeness (QED) is 0.819. The van der Waals surface area contributed by atoms with Crippen molar-refractivity contribution in [2.45, 2.75) is 13.8 Å². The summed E-state index contributed by atoms with van der Waals surface area (Å²) >= 11 is 6.01. The predicted octanol–water partition coefficient (Wildman–Crippen LogP) is 2.33. The van der Waals surface area contributed by atoms with Crippen LogP contribution in [0, 0.1) is 12.8 Å². The van der Waals surface area contributed by atoms with Gasteiger partial charge in [0.05, 0.1) is 19.6 Å². The van der Waals surface area contributed by atoms with Gasteiger partial charge in [0.15, 0.2) is 0 Å². The molecule has 0 fully saturated rings. The Balaban J connectivity index is 2.53. The van der Waals surface area contributed by atoms with Gasteiger partial charge in [0.2, 0.25) is 5.91 Å². The molecule has 21 heavy (non-hydrogen) atoms. The van der Waals surface area contributed by atoms with E-state index in [4.69, 9.17) is 11.6 Å². The summed E-state index contributed by atoms with van der Waals surface area (Å²) in [5.41, 5.74) is 1.53. The van der Waals surface area contributed by atoms with Gasteiger partial charge in [-0.3, -0.25) is 14.5 Å². The van der Waals surface area contributed by atoms with Gasteiger partial charge < -0.3 is 10.1 Å². The fourth-order valence-electron chi connectivity index (χ4n) is 1.99. The third kappa shape index (κ3) is 5.36. The number of hydrogen-bond acceptors (Lipinski definition) is 4. The van der Waals surface area contributed by atoms with Crippen LogP contribution in [0.1, 0.15) is 12.5 Å². The molecule has 6 heteroatoms. The number of amides is 1. The number of ether oxygens (including phenoxy) is 1. The number of methoxy groups -OCH3 is 1. The van der Waals surface area contributed by atoms with E-state index in [9.17, 15) is 9.59 Å². The minimum atomic E-state index is -0.284. The number of rotatable bonds is 6. The Kier molecular flexibility index (Phi) is 6.65. The average molecular weight is 313 g/mol. The molecule has 0 aliphatic carbocycles. The Morgan fingerprint density at radius 3 is 2.71 bits per heavy atom. The molecule has 0 bridgehead atoms. The van der Waals surface area contributed by atoms with Crippen LogP contribution < -0.4 is 5.32 Å². The fraction of sp³-hybridized carbons (Fsp3) is 0.467. The molecular weight excluding hydrogens is 292 g/mol. The molecule has 0 saturated carbocycles. The molecule has 1 amide bonds. The highest BCUT2D eigenvalue weighted by Crippen LogP contribution is 2.22. The van der Waals surface area contributed by atoms with Crippen LogP contribution in [-0.2, 0) is 14.3 Å². The minimum absolute atomic E-state index is 0.153. The molecule has 0 aromatic heterocycles. The van der Waals surface area contributed by atoms with Crippen molar-refractivity contribution in [3.05, 3.63) is 28.8 Å². The van der Waals surface area contributed by atoms with Gasteiger partial charge in [-0.2, -0.15) is 0 Å². The van der Waals surface area contributed by atoms with Crippen LogP contribution in [-0.4, -0.2) is 44.0 Å². The summed E-state index contributed by atoms with van der Waals surface area (Å²) in [5, 5.41) is 3.43. The Morgan fingerprint density at radius 1 is 1.43 bits per heavy atom. The molecule has 1 aromatic carbocycles. The molecule has 1 atom stereocenters. The summed E-state index contributed by atoms with van der Waals surface area (Å²) in [7, 11) is 3.14. The van der Waals surface area contributed by atoms with Crippen LogP contribution in [0.3, 0.4) is 0 Å². The van der Waals surface area contributed by atoms with Crippen LogP contribution in [0.4, 0.5) is 5.69 Å². The number of halogens is 1. The Bertz CT molecular complexity index is 520. The van der Waals surface area contributed by atoms with Crippen molar-refractivity contribution < 1.29 is 14.3 Å². The van der Waals surface area contributed by atoms with E-state index in [0.29, 0.717) is 17.3 Å². The highest BCUT2D eigenvalue weighted by atomic mass is 35.5. The van der Waals surface area contributed by atoms with Crippen molar-refractivity contribution >= 4 is 29.2 Å². The normalized spacial score (nSPS) is 12.1. The molecule has 0 aliphatic rings. The number of nitrogens with zero attached hydrogens (tertiary/aromatic N) is 1. The molecule has 116 valence electrons. The van der Waals surface area contributed by atoms with Crippen LogP contribution >= 0.6 is 11.6 Å². The molecule has 0 spiro atoms. The van der Waals surface area contributed by atoms with Gasteiger partial charge in [-0.15, -0.1) is 0 Å². The first-order chi connectivity index (χ1) is 9.85. The first-order valence-electron chi connectivity index (χ1n) is 6.66. The first-order valence-corrected chi connectivity index (χ1v) is 7.04. The minimum Gasteiger partial charge on any atom is -0.469 e. The van der Waals surface area contributed by atoms with Crippen molar-refractivity contribution in [1.82, 2.24) is 4.90 Å². The molecule has 0 radical (unpaired) electrons. The van der Waals surface area contributed by atoms with Crippen molar-refractivity contribution in [2.24, 2.45) is 5.92 Å². The number of benzene rings is 1. The van der Waals surface area contributed by atoms with Crippen LogP contribution in [0.5, 0.6) is 0 Å². The van der Waals surface area contributed by atoms with Crippen molar-refractivity contribution in [3.8, 4) is 0 Å². The molecule has 0 heterocycles. The molecule has 5 nitrogen and oxygen atoms in total. The van der Waals surface area contributed by atoms with E-state index in [-0.39, 0.29) is 24.3 Å². The Morgan fingerprint density at radius 2 is 2.10 bits per heavy atom. The second kappa shape index (κ2) is 8.00. The lowest BCUT2D eigenvalue weighted by atomic mass is 10.1. The maximum absolute atomic E-state index is 12.0. The zero-order valence-electron chi connectivity index (χ0n) is 12.8. The van der Waals surface area contributed by atoms with Crippen molar-refractivity contribution in [3.63, 3.8) is 0 Å². The number of anilines is 1. The zero-order chi connectivity index (χ0) is 16.0. The van der Waals surface area contributed by atoms with E-state index < -0.39 is 0 Å². The lowest BCUT2D eigenvalue weighted by molar-refractivity contribution is -0.145. The second-order valence-corrected chi connectivity index (χ2v) is 5.49. The second-order valence-electron chi connectivity index (χ2n) is 5.08. The first kappa shape index (κ1) is 17.5. The molecule has 0 aliphatic heterocycles. The highest BCUT2D eigenvalue weighted by molar-refractivity contribution is 6.31. The summed E-state index contributed by atoms with van der Waals surface area (Å²) < 4.78 is 4.66. The van der Waals surface area contributed by atoms with Crippen LogP contribution in [0.15, 0.2) is 18.2 Å². The lowest BCUT2D eigenvalue weighted by Crippen LogP contribution is -2.35. The number of hydrogen-bond donors (Lipinski definition) is 1.